The molecule has 1 saturated heterocycles. The van der Waals surface area contributed by atoms with Gasteiger partial charge in [-0.1, -0.05) is 11.3 Å². The molecule has 0 aliphatic carbocycles. The largest absolute Gasteiger partial charge is 0.333 e. The maximum Gasteiger partial charge on any atom is 0.237 e. The average molecular weight is 361 g/mol. The number of nitrogens with one attached hydrogen (secondary N) is 1. The predicted octanol–water partition coefficient (Wildman–Crippen LogP) is 1.91. The van der Waals surface area contributed by atoms with Crippen LogP contribution in [0.2, 0.25) is 0 Å². The van der Waals surface area contributed by atoms with Crippen LogP contribution in [0.15, 0.2) is 6.07 Å². The van der Waals surface area contributed by atoms with Crippen molar-refractivity contribution < 1.29 is 4.79 Å². The number of likely N-dealkylation sites (tertiary alicyclic amines) is 1. The number of rotatable bonds is 5. The van der Waals surface area contributed by atoms with Gasteiger partial charge in [0, 0.05) is 12.6 Å². The number of carbonyl (C=O) groups is 1. The summed E-state index contributed by atoms with van der Waals surface area (Å²) >= 11 is 1.48. The van der Waals surface area contributed by atoms with Crippen LogP contribution >= 0.6 is 11.3 Å². The van der Waals surface area contributed by atoms with Gasteiger partial charge in [-0.15, -0.1) is 10.2 Å². The number of likely N-dealkylation sites (N-methyl/N-ethyl adjacent to an activating group) is 1. The van der Waals surface area contributed by atoms with Crippen LogP contribution in [0.25, 0.3) is 0 Å². The lowest BCUT2D eigenvalue weighted by Crippen LogP contribution is -2.37. The van der Waals surface area contributed by atoms with Crippen molar-refractivity contribution in [3.63, 3.8) is 0 Å². The second kappa shape index (κ2) is 7.40. The van der Waals surface area contributed by atoms with Crippen molar-refractivity contribution in [2.75, 3.05) is 32.5 Å². The molecule has 1 aliphatic heterocycles. The van der Waals surface area contributed by atoms with Crippen molar-refractivity contribution in [3.8, 4) is 0 Å². The second-order valence-electron chi connectivity index (χ2n) is 6.46. The van der Waals surface area contributed by atoms with Gasteiger partial charge >= 0.3 is 0 Å². The van der Waals surface area contributed by atoms with Crippen molar-refractivity contribution in [2.24, 2.45) is 0 Å². The average Bonchev–Trinajstić information content (AvgIpc) is 3.15. The Labute approximate surface area is 151 Å². The van der Waals surface area contributed by atoms with Gasteiger partial charge in [0.2, 0.25) is 11.0 Å². The van der Waals surface area contributed by atoms with Gasteiger partial charge in [0.05, 0.1) is 18.3 Å². The normalized spacial score (nSPS) is 17.3. The molecule has 1 atom stereocenters. The predicted molar refractivity (Wildman–Crippen MR) is 96.9 cm³/mol. The van der Waals surface area contributed by atoms with E-state index < -0.39 is 0 Å². The van der Waals surface area contributed by atoms with Crippen LogP contribution in [-0.2, 0) is 4.79 Å². The fraction of sp³-hybridized carbons (Fsp3) is 0.562. The van der Waals surface area contributed by atoms with Crippen LogP contribution in [0.4, 0.5) is 10.9 Å². The lowest BCUT2D eigenvalue weighted by molar-refractivity contribution is -0.132. The summed E-state index contributed by atoms with van der Waals surface area (Å²) in [7, 11) is 3.81. The van der Waals surface area contributed by atoms with E-state index in [1.165, 1.54) is 11.3 Å². The summed E-state index contributed by atoms with van der Waals surface area (Å²) in [6.45, 7) is 4.96. The molecular formula is C16H23N7OS. The lowest BCUT2D eigenvalue weighted by atomic mass is 10.1. The molecule has 1 amide bonds. The fourth-order valence-corrected chi connectivity index (χ4v) is 3.61. The summed E-state index contributed by atoms with van der Waals surface area (Å²) in [5, 5.41) is 12.9. The number of aromatic nitrogens is 4. The number of nitrogens with zero attached hydrogens (tertiary/aromatic N) is 6. The summed E-state index contributed by atoms with van der Waals surface area (Å²) in [6, 6.07) is 1.92. The molecule has 0 spiro atoms. The molecule has 0 saturated carbocycles. The quantitative estimate of drug-likeness (QED) is 0.870. The van der Waals surface area contributed by atoms with Crippen LogP contribution < -0.4 is 5.32 Å². The molecule has 0 unspecified atom stereocenters. The Bertz CT molecular complexity index is 761. The number of hydrogen-bond donors (Lipinski definition) is 1. The molecular weight excluding hydrogens is 338 g/mol. The summed E-state index contributed by atoms with van der Waals surface area (Å²) < 4.78 is 0. The van der Waals surface area contributed by atoms with E-state index in [1.54, 1.807) is 0 Å². The van der Waals surface area contributed by atoms with Crippen molar-refractivity contribution in [2.45, 2.75) is 32.7 Å². The number of anilines is 2. The van der Waals surface area contributed by atoms with Crippen LogP contribution in [0.3, 0.4) is 0 Å². The molecule has 25 heavy (non-hydrogen) atoms. The molecule has 0 bridgehead atoms. The molecule has 9 heteroatoms. The highest BCUT2D eigenvalue weighted by Crippen LogP contribution is 2.32. The van der Waals surface area contributed by atoms with E-state index in [4.69, 9.17) is 0 Å². The van der Waals surface area contributed by atoms with Gasteiger partial charge < -0.3 is 15.1 Å². The SMILES string of the molecule is Cc1nc(Nc2nnc(C)s2)cc([C@H]2CCCN2C(=O)CN(C)C)n1. The molecule has 3 heterocycles. The molecule has 134 valence electrons. The Morgan fingerprint density at radius 2 is 2.16 bits per heavy atom. The van der Waals surface area contributed by atoms with Gasteiger partial charge in [0.25, 0.3) is 0 Å². The summed E-state index contributed by atoms with van der Waals surface area (Å²) in [5.41, 5.74) is 0.876. The summed E-state index contributed by atoms with van der Waals surface area (Å²) in [6.07, 6.45) is 1.91. The van der Waals surface area contributed by atoms with Crippen molar-refractivity contribution in [1.82, 2.24) is 30.0 Å². The van der Waals surface area contributed by atoms with Crippen LogP contribution in [-0.4, -0.2) is 63.1 Å². The van der Waals surface area contributed by atoms with E-state index in [0.717, 1.165) is 30.1 Å². The number of aryl methyl sites for hydroxylation is 2. The first kappa shape index (κ1) is 17.7. The van der Waals surface area contributed by atoms with Gasteiger partial charge in [-0.05, 0) is 40.8 Å². The van der Waals surface area contributed by atoms with Crippen LogP contribution in [0.1, 0.15) is 35.4 Å². The minimum Gasteiger partial charge on any atom is -0.333 e. The Morgan fingerprint density at radius 3 is 2.84 bits per heavy atom. The zero-order valence-corrected chi connectivity index (χ0v) is 15.8. The first-order valence-corrected chi connectivity index (χ1v) is 9.11. The number of amides is 1. The maximum atomic E-state index is 12.5. The molecule has 1 aliphatic rings. The molecule has 1 N–H and O–H groups in total. The van der Waals surface area contributed by atoms with Gasteiger partial charge in [-0.3, -0.25) is 4.79 Å². The zero-order valence-electron chi connectivity index (χ0n) is 15.0. The monoisotopic (exact) mass is 361 g/mol. The standard InChI is InChI=1S/C16H23N7OS/c1-10-17-12(8-14(18-10)19-16-21-20-11(2)25-16)13-6-5-7-23(13)15(24)9-22(3)4/h8,13H,5-7,9H2,1-4H3,(H,17,18,19,21)/t13-/m1/s1. The maximum absolute atomic E-state index is 12.5. The molecule has 2 aromatic rings. The fourth-order valence-electron chi connectivity index (χ4n) is 3.02. The van der Waals surface area contributed by atoms with Crippen LogP contribution in [0, 0.1) is 13.8 Å². The topological polar surface area (TPSA) is 87.1 Å². The van der Waals surface area contributed by atoms with Crippen molar-refractivity contribution >= 4 is 28.2 Å². The first-order chi connectivity index (χ1) is 11.9. The Kier molecular flexibility index (Phi) is 5.24. The molecule has 2 aromatic heterocycles. The van der Waals surface area contributed by atoms with E-state index in [9.17, 15) is 4.79 Å². The van der Waals surface area contributed by atoms with E-state index in [0.29, 0.717) is 23.3 Å². The lowest BCUT2D eigenvalue weighted by Gasteiger charge is -2.26. The van der Waals surface area contributed by atoms with E-state index in [1.807, 2.05) is 43.8 Å². The smallest absolute Gasteiger partial charge is 0.237 e. The van der Waals surface area contributed by atoms with Gasteiger partial charge in [-0.25, -0.2) is 9.97 Å². The first-order valence-electron chi connectivity index (χ1n) is 8.29. The highest BCUT2D eigenvalue weighted by Gasteiger charge is 2.31. The second-order valence-corrected chi connectivity index (χ2v) is 7.64. The minimum atomic E-state index is 0.00542. The van der Waals surface area contributed by atoms with E-state index in [2.05, 4.69) is 25.5 Å². The highest BCUT2D eigenvalue weighted by molar-refractivity contribution is 7.15. The number of hydrogen-bond acceptors (Lipinski definition) is 8. The van der Waals surface area contributed by atoms with Gasteiger partial charge in [0.1, 0.15) is 16.6 Å². The van der Waals surface area contributed by atoms with Gasteiger partial charge in [-0.2, -0.15) is 0 Å². The third kappa shape index (κ3) is 4.29. The molecule has 0 aromatic carbocycles. The molecule has 0 radical (unpaired) electrons. The Balaban J connectivity index is 1.82. The zero-order chi connectivity index (χ0) is 18.0. The summed E-state index contributed by atoms with van der Waals surface area (Å²) in [4.78, 5) is 25.4. The highest BCUT2D eigenvalue weighted by atomic mass is 32.1. The van der Waals surface area contributed by atoms with Crippen LogP contribution in [0.5, 0.6) is 0 Å². The van der Waals surface area contributed by atoms with Crippen molar-refractivity contribution in [3.05, 3.63) is 22.6 Å². The van der Waals surface area contributed by atoms with Crippen molar-refractivity contribution in [1.29, 1.82) is 0 Å². The van der Waals surface area contributed by atoms with E-state index in [-0.39, 0.29) is 11.9 Å². The molecule has 1 fully saturated rings. The molecule has 3 rings (SSSR count). The Morgan fingerprint density at radius 1 is 1.36 bits per heavy atom. The third-order valence-corrected chi connectivity index (χ3v) is 4.74. The molecule has 8 nitrogen and oxygen atoms in total. The summed E-state index contributed by atoms with van der Waals surface area (Å²) in [5.74, 6) is 1.50. The van der Waals surface area contributed by atoms with Gasteiger partial charge in [0.15, 0.2) is 0 Å². The van der Waals surface area contributed by atoms with E-state index >= 15 is 0 Å². The number of carbonyl (C=O) groups excluding carboxylic acids is 1. The Hall–Kier alpha value is -2.13. The third-order valence-electron chi connectivity index (χ3n) is 3.98. The minimum absolute atomic E-state index is 0.00542.